The van der Waals surface area contributed by atoms with Crippen molar-refractivity contribution in [2.24, 2.45) is 0 Å². The number of rotatable bonds is 5. The minimum atomic E-state index is -0.730. The second kappa shape index (κ2) is 6.55. The number of thiophene rings is 1. The number of carbonyl (C=O) groups is 1. The van der Waals surface area contributed by atoms with E-state index >= 15 is 0 Å². The minimum Gasteiger partial charge on any atom is -0.387 e. The SMILES string of the molecule is O=C(NCC(O)c1ccsc1)c1cc(-c2ccccc2)no1. The van der Waals surface area contributed by atoms with Crippen LogP contribution in [0.5, 0.6) is 0 Å². The number of carbonyl (C=O) groups excluding carboxylic acids is 1. The van der Waals surface area contributed by atoms with Gasteiger partial charge in [-0.05, 0) is 22.4 Å². The van der Waals surface area contributed by atoms with Crippen molar-refractivity contribution >= 4 is 17.2 Å². The molecule has 0 spiro atoms. The third-order valence-electron chi connectivity index (χ3n) is 3.19. The van der Waals surface area contributed by atoms with Crippen LogP contribution in [0.3, 0.4) is 0 Å². The van der Waals surface area contributed by atoms with Crippen molar-refractivity contribution in [1.29, 1.82) is 0 Å². The molecule has 1 atom stereocenters. The third-order valence-corrected chi connectivity index (χ3v) is 3.89. The standard InChI is InChI=1S/C16H14N2O3S/c19-14(12-6-7-22-10-12)9-17-16(20)15-8-13(18-21-15)11-4-2-1-3-5-11/h1-8,10,14,19H,9H2,(H,17,20). The summed E-state index contributed by atoms with van der Waals surface area (Å²) in [4.78, 5) is 12.0. The number of nitrogens with one attached hydrogen (secondary N) is 1. The van der Waals surface area contributed by atoms with E-state index in [1.54, 1.807) is 6.07 Å². The lowest BCUT2D eigenvalue weighted by Gasteiger charge is -2.08. The van der Waals surface area contributed by atoms with Crippen LogP contribution in [0.25, 0.3) is 11.3 Å². The topological polar surface area (TPSA) is 75.4 Å². The number of aliphatic hydroxyl groups excluding tert-OH is 1. The molecule has 0 radical (unpaired) electrons. The van der Waals surface area contributed by atoms with Crippen LogP contribution >= 0.6 is 11.3 Å². The molecule has 3 rings (SSSR count). The first kappa shape index (κ1) is 14.5. The van der Waals surface area contributed by atoms with E-state index in [9.17, 15) is 9.90 Å². The molecule has 2 aromatic heterocycles. The van der Waals surface area contributed by atoms with Gasteiger partial charge in [0, 0.05) is 18.2 Å². The summed E-state index contributed by atoms with van der Waals surface area (Å²) in [5.74, 6) is -0.277. The number of nitrogens with zero attached hydrogens (tertiary/aromatic N) is 1. The van der Waals surface area contributed by atoms with E-state index in [0.717, 1.165) is 11.1 Å². The lowest BCUT2D eigenvalue weighted by Crippen LogP contribution is -2.27. The van der Waals surface area contributed by atoms with Gasteiger partial charge in [-0.1, -0.05) is 35.5 Å². The van der Waals surface area contributed by atoms with Crippen LogP contribution < -0.4 is 5.32 Å². The van der Waals surface area contributed by atoms with Gasteiger partial charge in [-0.15, -0.1) is 0 Å². The quantitative estimate of drug-likeness (QED) is 0.759. The molecule has 1 aromatic carbocycles. The molecular formula is C16H14N2O3S. The van der Waals surface area contributed by atoms with Gasteiger partial charge in [-0.3, -0.25) is 4.79 Å². The predicted molar refractivity (Wildman–Crippen MR) is 83.6 cm³/mol. The van der Waals surface area contributed by atoms with Crippen LogP contribution in [0.1, 0.15) is 22.2 Å². The fourth-order valence-electron chi connectivity index (χ4n) is 1.99. The normalized spacial score (nSPS) is 12.0. The maximum atomic E-state index is 12.0. The van der Waals surface area contributed by atoms with Crippen LogP contribution in [0.4, 0.5) is 0 Å². The summed E-state index contributed by atoms with van der Waals surface area (Å²) in [7, 11) is 0. The number of hydrogen-bond donors (Lipinski definition) is 2. The fourth-order valence-corrected chi connectivity index (χ4v) is 2.69. The molecule has 1 amide bonds. The zero-order valence-corrected chi connectivity index (χ0v) is 12.4. The average Bonchev–Trinajstić information content (AvgIpc) is 3.24. The Bertz CT molecular complexity index is 738. The molecule has 0 saturated heterocycles. The molecule has 3 aromatic rings. The third kappa shape index (κ3) is 3.24. The Balaban J connectivity index is 1.62. The highest BCUT2D eigenvalue weighted by Gasteiger charge is 2.16. The summed E-state index contributed by atoms with van der Waals surface area (Å²) in [5.41, 5.74) is 2.26. The van der Waals surface area contributed by atoms with E-state index in [-0.39, 0.29) is 12.3 Å². The van der Waals surface area contributed by atoms with Crippen molar-refractivity contribution in [3.05, 3.63) is 64.5 Å². The van der Waals surface area contributed by atoms with Crippen LogP contribution in [0, 0.1) is 0 Å². The Morgan fingerprint density at radius 3 is 2.86 bits per heavy atom. The van der Waals surface area contributed by atoms with Crippen molar-refractivity contribution in [2.75, 3.05) is 6.54 Å². The van der Waals surface area contributed by atoms with Crippen LogP contribution in [-0.4, -0.2) is 22.7 Å². The van der Waals surface area contributed by atoms with Gasteiger partial charge in [0.05, 0.1) is 6.10 Å². The van der Waals surface area contributed by atoms with E-state index in [0.29, 0.717) is 5.69 Å². The first-order valence-electron chi connectivity index (χ1n) is 6.74. The van der Waals surface area contributed by atoms with Crippen LogP contribution in [0.15, 0.2) is 57.7 Å². The molecule has 0 aliphatic heterocycles. The van der Waals surface area contributed by atoms with Crippen LogP contribution in [-0.2, 0) is 0 Å². The highest BCUT2D eigenvalue weighted by molar-refractivity contribution is 7.07. The van der Waals surface area contributed by atoms with Gasteiger partial charge >= 0.3 is 0 Å². The summed E-state index contributed by atoms with van der Waals surface area (Å²) in [6.07, 6.45) is -0.730. The summed E-state index contributed by atoms with van der Waals surface area (Å²) in [5, 5.41) is 20.2. The smallest absolute Gasteiger partial charge is 0.290 e. The lowest BCUT2D eigenvalue weighted by atomic mass is 10.1. The molecular weight excluding hydrogens is 300 g/mol. The molecule has 0 fully saturated rings. The number of aromatic nitrogens is 1. The number of benzene rings is 1. The van der Waals surface area contributed by atoms with Crippen molar-refractivity contribution < 1.29 is 14.4 Å². The minimum absolute atomic E-state index is 0.122. The van der Waals surface area contributed by atoms with Crippen LogP contribution in [0.2, 0.25) is 0 Å². The number of aliphatic hydroxyl groups is 1. The summed E-state index contributed by atoms with van der Waals surface area (Å²) in [6, 6.07) is 12.9. The largest absolute Gasteiger partial charge is 0.387 e. The predicted octanol–water partition coefficient (Wildman–Crippen LogP) is 2.87. The molecule has 6 heteroatoms. The highest BCUT2D eigenvalue weighted by atomic mass is 32.1. The Kier molecular flexibility index (Phi) is 4.32. The molecule has 22 heavy (non-hydrogen) atoms. The van der Waals surface area contributed by atoms with Gasteiger partial charge in [0.15, 0.2) is 0 Å². The molecule has 2 N–H and O–H groups in total. The van der Waals surface area contributed by atoms with Gasteiger partial charge < -0.3 is 14.9 Å². The zero-order valence-electron chi connectivity index (χ0n) is 11.6. The fraction of sp³-hybridized carbons (Fsp3) is 0.125. The van der Waals surface area contributed by atoms with Crippen molar-refractivity contribution in [2.45, 2.75) is 6.10 Å². The van der Waals surface area contributed by atoms with E-state index in [1.165, 1.54) is 11.3 Å². The Morgan fingerprint density at radius 1 is 1.32 bits per heavy atom. The second-order valence-electron chi connectivity index (χ2n) is 4.72. The first-order valence-corrected chi connectivity index (χ1v) is 7.69. The Morgan fingerprint density at radius 2 is 2.14 bits per heavy atom. The summed E-state index contributed by atoms with van der Waals surface area (Å²) < 4.78 is 5.06. The summed E-state index contributed by atoms with van der Waals surface area (Å²) in [6.45, 7) is 0.122. The zero-order chi connectivity index (χ0) is 15.4. The van der Waals surface area contributed by atoms with Gasteiger partial charge in [0.1, 0.15) is 5.69 Å². The molecule has 0 aliphatic carbocycles. The lowest BCUT2D eigenvalue weighted by molar-refractivity contribution is 0.0880. The number of amides is 1. The highest BCUT2D eigenvalue weighted by Crippen LogP contribution is 2.19. The Labute approximate surface area is 131 Å². The monoisotopic (exact) mass is 314 g/mol. The molecule has 0 aliphatic rings. The van der Waals surface area contributed by atoms with Gasteiger partial charge in [0.2, 0.25) is 5.76 Å². The Hall–Kier alpha value is -2.44. The molecule has 0 bridgehead atoms. The molecule has 5 nitrogen and oxygen atoms in total. The van der Waals surface area contributed by atoms with Crippen molar-refractivity contribution in [1.82, 2.24) is 10.5 Å². The van der Waals surface area contributed by atoms with Gasteiger partial charge in [-0.2, -0.15) is 11.3 Å². The van der Waals surface area contributed by atoms with E-state index in [2.05, 4.69) is 10.5 Å². The molecule has 1 unspecified atom stereocenters. The summed E-state index contributed by atoms with van der Waals surface area (Å²) >= 11 is 1.50. The molecule has 112 valence electrons. The number of hydrogen-bond acceptors (Lipinski definition) is 5. The molecule has 2 heterocycles. The molecule has 0 saturated carbocycles. The maximum absolute atomic E-state index is 12.0. The second-order valence-corrected chi connectivity index (χ2v) is 5.50. The average molecular weight is 314 g/mol. The maximum Gasteiger partial charge on any atom is 0.290 e. The van der Waals surface area contributed by atoms with Gasteiger partial charge in [-0.25, -0.2) is 0 Å². The van der Waals surface area contributed by atoms with Crippen molar-refractivity contribution in [3.8, 4) is 11.3 Å². The van der Waals surface area contributed by atoms with Gasteiger partial charge in [0.25, 0.3) is 5.91 Å². The first-order chi connectivity index (χ1) is 10.7. The van der Waals surface area contributed by atoms with E-state index < -0.39 is 12.0 Å². The van der Waals surface area contributed by atoms with Crippen molar-refractivity contribution in [3.63, 3.8) is 0 Å². The van der Waals surface area contributed by atoms with E-state index in [4.69, 9.17) is 4.52 Å². The van der Waals surface area contributed by atoms with E-state index in [1.807, 2.05) is 47.2 Å².